The second-order valence-electron chi connectivity index (χ2n) is 6.40. The van der Waals surface area contributed by atoms with Crippen molar-refractivity contribution in [2.24, 2.45) is 5.92 Å². The van der Waals surface area contributed by atoms with Gasteiger partial charge in [0, 0.05) is 21.3 Å². The molecular formula is C21H23N. The lowest BCUT2D eigenvalue weighted by atomic mass is 9.97. The van der Waals surface area contributed by atoms with Gasteiger partial charge in [-0.3, -0.25) is 4.98 Å². The Labute approximate surface area is 137 Å². The van der Waals surface area contributed by atoms with Crippen LogP contribution < -0.4 is 0 Å². The molecule has 0 fully saturated rings. The fraction of sp³-hybridized carbons (Fsp3) is 0.286. The lowest BCUT2D eigenvalue weighted by Crippen LogP contribution is -1.94. The van der Waals surface area contributed by atoms with Crippen LogP contribution in [0.25, 0.3) is 22.0 Å². The van der Waals surface area contributed by atoms with E-state index in [2.05, 4.69) is 37.0 Å². The number of aryl methyl sites for hydroxylation is 2. The van der Waals surface area contributed by atoms with Crippen molar-refractivity contribution in [1.29, 1.82) is 0 Å². The third-order valence-electron chi connectivity index (χ3n) is 3.82. The Kier molecular flexibility index (Phi) is 3.07. The van der Waals surface area contributed by atoms with E-state index in [4.69, 9.17) is 4.11 Å². The summed E-state index contributed by atoms with van der Waals surface area (Å²) in [5, 5.41) is 2.19. The zero-order valence-corrected chi connectivity index (χ0v) is 13.4. The molecule has 0 bridgehead atoms. The predicted molar refractivity (Wildman–Crippen MR) is 95.2 cm³/mol. The smallest absolute Gasteiger partial charge is 0.0780 e. The fourth-order valence-corrected chi connectivity index (χ4v) is 2.98. The van der Waals surface area contributed by atoms with Gasteiger partial charge in [-0.2, -0.15) is 0 Å². The summed E-state index contributed by atoms with van der Waals surface area (Å²) in [5.74, 6) is 0.609. The van der Waals surface area contributed by atoms with Crippen LogP contribution in [0.5, 0.6) is 0 Å². The van der Waals surface area contributed by atoms with Gasteiger partial charge in [0.15, 0.2) is 0 Å². The molecule has 0 radical (unpaired) electrons. The van der Waals surface area contributed by atoms with Crippen LogP contribution in [0.4, 0.5) is 0 Å². The van der Waals surface area contributed by atoms with E-state index in [0.29, 0.717) is 11.5 Å². The highest BCUT2D eigenvalue weighted by molar-refractivity contribution is 5.95. The van der Waals surface area contributed by atoms with E-state index in [1.807, 2.05) is 19.1 Å². The molecule has 0 aliphatic carbocycles. The van der Waals surface area contributed by atoms with Crippen molar-refractivity contribution >= 4 is 10.8 Å². The Morgan fingerprint density at radius 3 is 2.64 bits per heavy atom. The van der Waals surface area contributed by atoms with Crippen molar-refractivity contribution in [1.82, 2.24) is 4.98 Å². The second-order valence-corrected chi connectivity index (χ2v) is 6.40. The third-order valence-corrected chi connectivity index (χ3v) is 3.82. The minimum absolute atomic E-state index is 0.359. The lowest BCUT2D eigenvalue weighted by Gasteiger charge is -2.10. The molecule has 3 rings (SSSR count). The number of hydrogen-bond acceptors (Lipinski definition) is 1. The van der Waals surface area contributed by atoms with Gasteiger partial charge in [0.1, 0.15) is 0 Å². The first kappa shape index (κ1) is 11.4. The Balaban J connectivity index is 2.15. The summed E-state index contributed by atoms with van der Waals surface area (Å²) in [6.45, 7) is 4.23. The number of benzene rings is 2. The van der Waals surface area contributed by atoms with Gasteiger partial charge in [-0.25, -0.2) is 0 Å². The molecule has 0 aliphatic rings. The van der Waals surface area contributed by atoms with Gasteiger partial charge in [0.2, 0.25) is 0 Å². The van der Waals surface area contributed by atoms with Crippen molar-refractivity contribution in [2.45, 2.75) is 34.0 Å². The minimum Gasteiger partial charge on any atom is -0.256 e. The molecule has 3 aromatic rings. The summed E-state index contributed by atoms with van der Waals surface area (Å²) in [6, 6.07) is 13.9. The third kappa shape index (κ3) is 3.04. The molecule has 1 heteroatoms. The zero-order valence-electron chi connectivity index (χ0n) is 16.4. The molecule has 1 aromatic heterocycles. The van der Waals surface area contributed by atoms with Crippen molar-refractivity contribution in [3.05, 3.63) is 65.4 Å². The molecule has 0 saturated heterocycles. The molecular weight excluding hydrogens is 266 g/mol. The van der Waals surface area contributed by atoms with Crippen LogP contribution in [0.1, 0.15) is 34.7 Å². The molecule has 1 nitrogen and oxygen atoms in total. The Morgan fingerprint density at radius 1 is 1.05 bits per heavy atom. The van der Waals surface area contributed by atoms with Gasteiger partial charge in [-0.05, 0) is 55.3 Å². The van der Waals surface area contributed by atoms with E-state index < -0.39 is 6.85 Å². The normalized spacial score (nSPS) is 13.9. The fourth-order valence-electron chi connectivity index (χ4n) is 2.98. The number of rotatable bonds is 3. The van der Waals surface area contributed by atoms with Crippen molar-refractivity contribution < 1.29 is 4.11 Å². The summed E-state index contributed by atoms with van der Waals surface area (Å²) in [5.41, 5.74) is 4.29. The number of pyridine rings is 1. The maximum atomic E-state index is 7.70. The van der Waals surface area contributed by atoms with Crippen LogP contribution in [-0.2, 0) is 6.42 Å². The molecule has 0 unspecified atom stereocenters. The molecule has 0 atom stereocenters. The highest BCUT2D eigenvalue weighted by Gasteiger charge is 2.08. The van der Waals surface area contributed by atoms with Crippen LogP contribution >= 0.6 is 0 Å². The summed E-state index contributed by atoms with van der Waals surface area (Å²) in [7, 11) is 0. The molecule has 0 saturated carbocycles. The molecule has 0 aliphatic heterocycles. The zero-order chi connectivity index (χ0) is 18.2. The highest BCUT2D eigenvalue weighted by atomic mass is 14.7. The van der Waals surface area contributed by atoms with Gasteiger partial charge >= 0.3 is 0 Å². The molecule has 112 valence electrons. The largest absolute Gasteiger partial charge is 0.256 e. The Morgan fingerprint density at radius 2 is 1.86 bits per heavy atom. The monoisotopic (exact) mass is 292 g/mol. The van der Waals surface area contributed by atoms with Crippen LogP contribution in [-0.4, -0.2) is 4.98 Å². The molecule has 22 heavy (non-hydrogen) atoms. The summed E-state index contributed by atoms with van der Waals surface area (Å²) in [4.78, 5) is 4.55. The van der Waals surface area contributed by atoms with Gasteiger partial charge in [-0.1, -0.05) is 49.2 Å². The second kappa shape index (κ2) is 5.92. The first-order chi connectivity index (χ1) is 11.7. The van der Waals surface area contributed by atoms with E-state index >= 15 is 0 Å². The van der Waals surface area contributed by atoms with Crippen molar-refractivity contribution in [3.8, 4) is 11.3 Å². The molecule has 0 N–H and O–H groups in total. The van der Waals surface area contributed by atoms with Gasteiger partial charge in [0.25, 0.3) is 0 Å². The van der Waals surface area contributed by atoms with Crippen LogP contribution in [0.3, 0.4) is 0 Å². The highest BCUT2D eigenvalue weighted by Crippen LogP contribution is 2.29. The van der Waals surface area contributed by atoms with Gasteiger partial charge in [-0.15, -0.1) is 0 Å². The molecule has 0 amide bonds. The number of fused-ring (bicyclic) bond motifs is 1. The van der Waals surface area contributed by atoms with E-state index in [-0.39, 0.29) is 0 Å². The first-order valence-corrected chi connectivity index (χ1v) is 7.74. The van der Waals surface area contributed by atoms with Crippen molar-refractivity contribution in [3.63, 3.8) is 0 Å². The van der Waals surface area contributed by atoms with E-state index in [9.17, 15) is 0 Å². The topological polar surface area (TPSA) is 12.9 Å². The minimum atomic E-state index is -2.12. The van der Waals surface area contributed by atoms with Crippen LogP contribution in [0.15, 0.2) is 48.7 Å². The maximum Gasteiger partial charge on any atom is 0.0780 e. The summed E-state index contributed by atoms with van der Waals surface area (Å²) in [6.07, 6.45) is 2.84. The van der Waals surface area contributed by atoms with Crippen LogP contribution in [0, 0.1) is 19.7 Å². The average Bonchev–Trinajstić information content (AvgIpc) is 2.52. The number of aromatic nitrogens is 1. The SMILES string of the molecule is [2H]C([2H])([2H])c1cc(C)cc(-c2nccc3cc(CC(C)C)ccc23)c1. The average molecular weight is 292 g/mol. The molecule has 0 spiro atoms. The Bertz CT molecular complexity index is 911. The van der Waals surface area contributed by atoms with E-state index in [1.165, 1.54) is 5.56 Å². The summed E-state index contributed by atoms with van der Waals surface area (Å²) < 4.78 is 23.1. The van der Waals surface area contributed by atoms with Crippen molar-refractivity contribution in [2.75, 3.05) is 0 Å². The maximum absolute atomic E-state index is 7.70. The quantitative estimate of drug-likeness (QED) is 0.602. The summed E-state index contributed by atoms with van der Waals surface area (Å²) >= 11 is 0. The number of nitrogens with zero attached hydrogens (tertiary/aromatic N) is 1. The van der Waals surface area contributed by atoms with Gasteiger partial charge < -0.3 is 0 Å². The van der Waals surface area contributed by atoms with Crippen LogP contribution in [0.2, 0.25) is 0 Å². The van der Waals surface area contributed by atoms with E-state index in [0.717, 1.165) is 34.0 Å². The molecule has 1 heterocycles. The standard InChI is InChI=1S/C21H23N/c1-14(2)9-17-5-6-20-18(13-17)7-8-22-21(20)19-11-15(3)10-16(4)12-19/h5-8,10-14H,9H2,1-4H3/i3D3. The molecule has 2 aromatic carbocycles. The first-order valence-electron chi connectivity index (χ1n) is 9.24. The predicted octanol–water partition coefficient (Wildman–Crippen LogP) is 5.72. The Hall–Kier alpha value is -2.15. The lowest BCUT2D eigenvalue weighted by molar-refractivity contribution is 0.648. The van der Waals surface area contributed by atoms with E-state index in [1.54, 1.807) is 18.3 Å². The van der Waals surface area contributed by atoms with Gasteiger partial charge in [0.05, 0.1) is 5.69 Å². The number of hydrogen-bond donors (Lipinski definition) is 0.